The van der Waals surface area contributed by atoms with Crippen LogP contribution < -0.4 is 10.6 Å². The van der Waals surface area contributed by atoms with E-state index in [4.69, 9.17) is 4.42 Å². The van der Waals surface area contributed by atoms with E-state index in [9.17, 15) is 9.59 Å². The van der Waals surface area contributed by atoms with Gasteiger partial charge in [-0.15, -0.1) is 0 Å². The van der Waals surface area contributed by atoms with Gasteiger partial charge in [-0.25, -0.2) is 0 Å². The minimum atomic E-state index is -0.549. The first-order valence-corrected chi connectivity index (χ1v) is 9.92. The number of hydrogen-bond acceptors (Lipinski definition) is 3. The topological polar surface area (TPSA) is 71.3 Å². The van der Waals surface area contributed by atoms with E-state index in [1.165, 1.54) is 0 Å². The summed E-state index contributed by atoms with van der Waals surface area (Å²) in [4.78, 5) is 26.3. The van der Waals surface area contributed by atoms with Crippen molar-refractivity contribution < 1.29 is 14.0 Å². The highest BCUT2D eigenvalue weighted by Crippen LogP contribution is 2.49. The Morgan fingerprint density at radius 2 is 1.40 bits per heavy atom. The van der Waals surface area contributed by atoms with Crippen LogP contribution in [0.15, 0.2) is 89.3 Å². The number of nitrogens with one attached hydrogen (secondary N) is 2. The Balaban J connectivity index is 1.50. The van der Waals surface area contributed by atoms with E-state index in [1.54, 1.807) is 18.2 Å². The third-order valence-electron chi connectivity index (χ3n) is 5.58. The maximum atomic E-state index is 13.3. The highest BCUT2D eigenvalue weighted by molar-refractivity contribution is 6.16. The molecule has 3 aromatic carbocycles. The molecule has 5 nitrogen and oxygen atoms in total. The Morgan fingerprint density at radius 3 is 2.10 bits per heavy atom. The Labute approximate surface area is 173 Å². The normalized spacial score (nSPS) is 14.3. The summed E-state index contributed by atoms with van der Waals surface area (Å²) in [5, 5.41) is 6.54. The molecule has 5 heteroatoms. The van der Waals surface area contributed by atoms with Gasteiger partial charge in [0.25, 0.3) is 5.91 Å². The van der Waals surface area contributed by atoms with Gasteiger partial charge in [-0.3, -0.25) is 9.59 Å². The molecule has 0 saturated heterocycles. The lowest BCUT2D eigenvalue weighted by Crippen LogP contribution is -2.28. The fourth-order valence-electron chi connectivity index (χ4n) is 3.80. The van der Waals surface area contributed by atoms with Crippen LogP contribution in [0.25, 0.3) is 11.0 Å². The zero-order valence-electron chi connectivity index (χ0n) is 16.2. The number of anilines is 2. The number of carbonyl (C=O) groups is 2. The molecule has 0 bridgehead atoms. The summed E-state index contributed by atoms with van der Waals surface area (Å²) >= 11 is 0. The molecule has 0 spiro atoms. The van der Waals surface area contributed by atoms with Crippen LogP contribution in [0.1, 0.15) is 29.0 Å². The third kappa shape index (κ3) is 3.14. The number of carbonyl (C=O) groups excluding carboxylic acids is 2. The molecule has 0 radical (unpaired) electrons. The molecule has 1 heterocycles. The van der Waals surface area contributed by atoms with Crippen molar-refractivity contribution in [2.75, 3.05) is 10.6 Å². The molecule has 30 heavy (non-hydrogen) atoms. The second kappa shape index (κ2) is 7.19. The SMILES string of the molecule is O=C(Nc1ccccc1)c1oc2ccccc2c1NC(=O)C1(c2ccccc2)CC1. The van der Waals surface area contributed by atoms with Gasteiger partial charge in [-0.1, -0.05) is 60.7 Å². The van der Waals surface area contributed by atoms with Gasteiger partial charge >= 0.3 is 0 Å². The number of rotatable bonds is 5. The predicted octanol–water partition coefficient (Wildman–Crippen LogP) is 5.36. The summed E-state index contributed by atoms with van der Waals surface area (Å²) in [7, 11) is 0. The first kappa shape index (κ1) is 18.2. The molecule has 1 saturated carbocycles. The van der Waals surface area contributed by atoms with Gasteiger partial charge < -0.3 is 15.1 Å². The van der Waals surface area contributed by atoms with Gasteiger partial charge in [0, 0.05) is 11.1 Å². The maximum absolute atomic E-state index is 13.3. The minimum absolute atomic E-state index is 0.0947. The molecule has 1 aliphatic carbocycles. The molecule has 0 aliphatic heterocycles. The van der Waals surface area contributed by atoms with Crippen LogP contribution in [-0.2, 0) is 10.2 Å². The predicted molar refractivity (Wildman–Crippen MR) is 117 cm³/mol. The molecule has 0 atom stereocenters. The van der Waals surface area contributed by atoms with Crippen molar-refractivity contribution in [3.8, 4) is 0 Å². The Hall–Kier alpha value is -3.86. The number of hydrogen-bond donors (Lipinski definition) is 2. The van der Waals surface area contributed by atoms with Crippen LogP contribution in [0.3, 0.4) is 0 Å². The molecule has 148 valence electrons. The fourth-order valence-corrected chi connectivity index (χ4v) is 3.80. The maximum Gasteiger partial charge on any atom is 0.293 e. The Bertz CT molecular complexity index is 1230. The molecule has 2 amide bonds. The average Bonchev–Trinajstić information content (AvgIpc) is 3.53. The smallest absolute Gasteiger partial charge is 0.293 e. The van der Waals surface area contributed by atoms with Crippen molar-refractivity contribution in [3.05, 3.63) is 96.3 Å². The number of fused-ring (bicyclic) bond motifs is 1. The second-order valence-electron chi connectivity index (χ2n) is 7.52. The van der Waals surface area contributed by atoms with Gasteiger partial charge in [0.1, 0.15) is 11.3 Å². The zero-order valence-corrected chi connectivity index (χ0v) is 16.2. The van der Waals surface area contributed by atoms with Crippen molar-refractivity contribution in [2.24, 2.45) is 0 Å². The van der Waals surface area contributed by atoms with E-state index in [2.05, 4.69) is 10.6 Å². The summed E-state index contributed by atoms with van der Waals surface area (Å²) in [5.74, 6) is -0.427. The molecule has 1 fully saturated rings. The molecule has 4 aromatic rings. The summed E-state index contributed by atoms with van der Waals surface area (Å²) in [6.07, 6.45) is 1.56. The molecule has 0 unspecified atom stereocenters. The van der Waals surface area contributed by atoms with E-state index < -0.39 is 11.3 Å². The summed E-state index contributed by atoms with van der Waals surface area (Å²) < 4.78 is 5.85. The van der Waals surface area contributed by atoms with Gasteiger partial charge in [0.15, 0.2) is 0 Å². The van der Waals surface area contributed by atoms with Crippen molar-refractivity contribution in [2.45, 2.75) is 18.3 Å². The highest BCUT2D eigenvalue weighted by atomic mass is 16.3. The van der Waals surface area contributed by atoms with E-state index >= 15 is 0 Å². The molecular weight excluding hydrogens is 376 g/mol. The second-order valence-corrected chi connectivity index (χ2v) is 7.52. The summed E-state index contributed by atoms with van der Waals surface area (Å²) in [6, 6.07) is 26.2. The Kier molecular flexibility index (Phi) is 4.36. The minimum Gasteiger partial charge on any atom is -0.449 e. The van der Waals surface area contributed by atoms with Crippen LogP contribution >= 0.6 is 0 Å². The third-order valence-corrected chi connectivity index (χ3v) is 5.58. The van der Waals surface area contributed by atoms with Crippen LogP contribution in [0, 0.1) is 0 Å². The molecule has 1 aromatic heterocycles. The number of amides is 2. The van der Waals surface area contributed by atoms with E-state index in [1.807, 2.05) is 66.7 Å². The quantitative estimate of drug-likeness (QED) is 0.477. The number of benzene rings is 3. The lowest BCUT2D eigenvalue weighted by Gasteiger charge is -2.16. The fraction of sp³-hybridized carbons (Fsp3) is 0.120. The largest absolute Gasteiger partial charge is 0.449 e. The molecular formula is C25H20N2O3. The van der Waals surface area contributed by atoms with Gasteiger partial charge in [-0.05, 0) is 42.7 Å². The lowest BCUT2D eigenvalue weighted by atomic mass is 9.95. The van der Waals surface area contributed by atoms with Gasteiger partial charge in [0.05, 0.1) is 5.41 Å². The van der Waals surface area contributed by atoms with Crippen LogP contribution in [-0.4, -0.2) is 11.8 Å². The van der Waals surface area contributed by atoms with E-state index in [0.29, 0.717) is 22.3 Å². The van der Waals surface area contributed by atoms with Crippen molar-refractivity contribution in [1.29, 1.82) is 0 Å². The summed E-state index contributed by atoms with van der Waals surface area (Å²) in [5.41, 5.74) is 2.06. The monoisotopic (exact) mass is 396 g/mol. The molecule has 1 aliphatic rings. The number of para-hydroxylation sites is 2. The van der Waals surface area contributed by atoms with E-state index in [0.717, 1.165) is 18.4 Å². The van der Waals surface area contributed by atoms with Gasteiger partial charge in [0.2, 0.25) is 11.7 Å². The first-order chi connectivity index (χ1) is 14.7. The van der Waals surface area contributed by atoms with Crippen LogP contribution in [0.5, 0.6) is 0 Å². The highest BCUT2D eigenvalue weighted by Gasteiger charge is 2.51. The van der Waals surface area contributed by atoms with Crippen LogP contribution in [0.4, 0.5) is 11.4 Å². The standard InChI is InChI=1S/C25H20N2O3/c28-23(26-18-11-5-2-6-12-18)22-21(19-13-7-8-14-20(19)30-22)27-24(29)25(15-16-25)17-9-3-1-4-10-17/h1-14H,15-16H2,(H,26,28)(H,27,29). The Morgan fingerprint density at radius 1 is 0.767 bits per heavy atom. The number of furan rings is 1. The van der Waals surface area contributed by atoms with Crippen molar-refractivity contribution in [1.82, 2.24) is 0 Å². The zero-order chi connectivity index (χ0) is 20.6. The molecule has 2 N–H and O–H groups in total. The summed E-state index contributed by atoms with van der Waals surface area (Å²) in [6.45, 7) is 0. The first-order valence-electron chi connectivity index (χ1n) is 9.92. The lowest BCUT2D eigenvalue weighted by molar-refractivity contribution is -0.118. The molecule has 5 rings (SSSR count). The van der Waals surface area contributed by atoms with Crippen molar-refractivity contribution in [3.63, 3.8) is 0 Å². The average molecular weight is 396 g/mol. The van der Waals surface area contributed by atoms with Crippen LogP contribution in [0.2, 0.25) is 0 Å². The van der Waals surface area contributed by atoms with Crippen molar-refractivity contribution >= 4 is 34.2 Å². The van der Waals surface area contributed by atoms with Gasteiger partial charge in [-0.2, -0.15) is 0 Å². The van der Waals surface area contributed by atoms with E-state index in [-0.39, 0.29) is 11.7 Å².